The summed E-state index contributed by atoms with van der Waals surface area (Å²) < 4.78 is 7.12. The molecule has 7 nitrogen and oxygen atoms in total. The first-order valence-electron chi connectivity index (χ1n) is 8.76. The largest absolute Gasteiger partial charge is 0.339 e. The van der Waals surface area contributed by atoms with Gasteiger partial charge in [0.05, 0.1) is 5.69 Å². The van der Waals surface area contributed by atoms with Crippen molar-refractivity contribution in [2.24, 2.45) is 0 Å². The Balaban J connectivity index is 1.33. The van der Waals surface area contributed by atoms with E-state index in [1.807, 2.05) is 55.5 Å². The van der Waals surface area contributed by atoms with Gasteiger partial charge in [-0.05, 0) is 59.7 Å². The lowest BCUT2D eigenvalue weighted by atomic mass is 10.2. The molecule has 0 saturated carbocycles. The van der Waals surface area contributed by atoms with Crippen molar-refractivity contribution in [2.75, 3.05) is 5.75 Å². The molecule has 0 aliphatic heterocycles. The molecule has 0 fully saturated rings. The van der Waals surface area contributed by atoms with Gasteiger partial charge in [0.15, 0.2) is 0 Å². The summed E-state index contributed by atoms with van der Waals surface area (Å²) in [6, 6.07) is 15.4. The lowest BCUT2D eigenvalue weighted by Crippen LogP contribution is -2.01. The number of aromatic nitrogens is 6. The number of nitrogens with zero attached hydrogens (tertiary/aromatic N) is 6. The van der Waals surface area contributed by atoms with E-state index in [1.165, 1.54) is 0 Å². The fraction of sp³-hybridized carbons (Fsp3) is 0.211. The van der Waals surface area contributed by atoms with Crippen molar-refractivity contribution in [3.8, 4) is 17.1 Å². The van der Waals surface area contributed by atoms with E-state index in [0.29, 0.717) is 23.2 Å². The maximum atomic E-state index is 5.91. The molecule has 0 spiro atoms. The van der Waals surface area contributed by atoms with Crippen LogP contribution in [0, 0.1) is 6.92 Å². The molecule has 2 heterocycles. The third-order valence-corrected chi connectivity index (χ3v) is 5.38. The van der Waals surface area contributed by atoms with Crippen LogP contribution in [0.1, 0.15) is 17.9 Å². The third-order valence-electron chi connectivity index (χ3n) is 4.12. The van der Waals surface area contributed by atoms with Gasteiger partial charge in [-0.2, -0.15) is 9.67 Å². The fourth-order valence-corrected chi connectivity index (χ4v) is 3.63. The summed E-state index contributed by atoms with van der Waals surface area (Å²) in [7, 11) is 0. The predicted octanol–water partition coefficient (Wildman–Crippen LogP) is 4.40. The van der Waals surface area contributed by atoms with Crippen molar-refractivity contribution in [3.63, 3.8) is 0 Å². The number of tetrazole rings is 1. The lowest BCUT2D eigenvalue weighted by molar-refractivity contribution is 0.378. The number of benzene rings is 2. The van der Waals surface area contributed by atoms with E-state index in [2.05, 4.69) is 25.7 Å². The van der Waals surface area contributed by atoms with Crippen LogP contribution in [0.4, 0.5) is 0 Å². The lowest BCUT2D eigenvalue weighted by Gasteiger charge is -2.06. The Hall–Kier alpha value is -2.71. The van der Waals surface area contributed by atoms with E-state index >= 15 is 0 Å². The van der Waals surface area contributed by atoms with Gasteiger partial charge in [-0.15, -0.1) is 5.10 Å². The van der Waals surface area contributed by atoms with Crippen molar-refractivity contribution in [1.82, 2.24) is 30.3 Å². The maximum absolute atomic E-state index is 5.91. The molecule has 0 unspecified atom stereocenters. The number of thioether (sulfide) groups is 1. The van der Waals surface area contributed by atoms with Gasteiger partial charge in [0, 0.05) is 22.8 Å². The van der Waals surface area contributed by atoms with Crippen LogP contribution in [0.3, 0.4) is 0 Å². The van der Waals surface area contributed by atoms with Gasteiger partial charge in [0.2, 0.25) is 16.9 Å². The molecule has 142 valence electrons. The summed E-state index contributed by atoms with van der Waals surface area (Å²) in [6.07, 6.45) is 1.56. The molecule has 2 aromatic carbocycles. The van der Waals surface area contributed by atoms with E-state index < -0.39 is 0 Å². The molecule has 2 aromatic heterocycles. The minimum atomic E-state index is 0.572. The second-order valence-electron chi connectivity index (χ2n) is 6.13. The van der Waals surface area contributed by atoms with Crippen LogP contribution in [0.2, 0.25) is 5.02 Å². The van der Waals surface area contributed by atoms with Gasteiger partial charge >= 0.3 is 0 Å². The number of aryl methyl sites for hydroxylation is 2. The summed E-state index contributed by atoms with van der Waals surface area (Å²) in [4.78, 5) is 4.45. The normalized spacial score (nSPS) is 11.1. The Bertz CT molecular complexity index is 1060. The van der Waals surface area contributed by atoms with Gasteiger partial charge in [0.25, 0.3) is 0 Å². The van der Waals surface area contributed by atoms with Crippen LogP contribution < -0.4 is 0 Å². The van der Waals surface area contributed by atoms with Crippen LogP contribution in [0.5, 0.6) is 0 Å². The minimum Gasteiger partial charge on any atom is -0.339 e. The van der Waals surface area contributed by atoms with Crippen molar-refractivity contribution in [2.45, 2.75) is 24.9 Å². The Morgan fingerprint density at radius 3 is 2.75 bits per heavy atom. The molecule has 0 bridgehead atoms. The highest BCUT2D eigenvalue weighted by Gasteiger charge is 2.12. The zero-order chi connectivity index (χ0) is 19.3. The zero-order valence-corrected chi connectivity index (χ0v) is 16.7. The fourth-order valence-electron chi connectivity index (χ4n) is 2.68. The monoisotopic (exact) mass is 412 g/mol. The first-order chi connectivity index (χ1) is 13.7. The van der Waals surface area contributed by atoms with Gasteiger partial charge in [0.1, 0.15) is 0 Å². The van der Waals surface area contributed by atoms with E-state index in [-0.39, 0.29) is 0 Å². The van der Waals surface area contributed by atoms with E-state index in [1.54, 1.807) is 16.4 Å². The Morgan fingerprint density at radius 1 is 1.11 bits per heavy atom. The van der Waals surface area contributed by atoms with Gasteiger partial charge in [-0.25, -0.2) is 0 Å². The molecule has 0 amide bonds. The van der Waals surface area contributed by atoms with Crippen LogP contribution in [0.15, 0.2) is 58.2 Å². The summed E-state index contributed by atoms with van der Waals surface area (Å²) >= 11 is 7.51. The number of hydrogen-bond acceptors (Lipinski definition) is 7. The molecular formula is C19H17ClN6OS. The molecule has 4 rings (SSSR count). The number of para-hydroxylation sites is 1. The predicted molar refractivity (Wildman–Crippen MR) is 108 cm³/mol. The highest BCUT2D eigenvalue weighted by atomic mass is 35.5. The van der Waals surface area contributed by atoms with E-state index in [9.17, 15) is 0 Å². The first kappa shape index (κ1) is 18.6. The Morgan fingerprint density at radius 2 is 1.93 bits per heavy atom. The SMILES string of the molecule is Cc1ccccc1-n1nnnc1SCCCc1nc(-c2ccc(Cl)cc2)no1. The number of hydrogen-bond donors (Lipinski definition) is 0. The zero-order valence-electron chi connectivity index (χ0n) is 15.1. The highest BCUT2D eigenvalue weighted by molar-refractivity contribution is 7.99. The molecule has 4 aromatic rings. The molecule has 0 saturated heterocycles. The van der Waals surface area contributed by atoms with Crippen molar-refractivity contribution in [3.05, 3.63) is 65.0 Å². The molecule has 0 aliphatic rings. The van der Waals surface area contributed by atoms with Crippen LogP contribution in [-0.4, -0.2) is 36.1 Å². The summed E-state index contributed by atoms with van der Waals surface area (Å²) in [5.41, 5.74) is 2.99. The smallest absolute Gasteiger partial charge is 0.226 e. The minimum absolute atomic E-state index is 0.572. The Kier molecular flexibility index (Phi) is 5.68. The first-order valence-corrected chi connectivity index (χ1v) is 10.1. The molecule has 0 atom stereocenters. The molecule has 0 N–H and O–H groups in total. The van der Waals surface area contributed by atoms with Crippen LogP contribution >= 0.6 is 23.4 Å². The third kappa shape index (κ3) is 4.23. The molecular weight excluding hydrogens is 396 g/mol. The van der Waals surface area contributed by atoms with Gasteiger partial charge in [-0.1, -0.05) is 46.7 Å². The standard InChI is InChI=1S/C19H17ClN6OS/c1-13-5-2-3-6-16(13)26-19(22-24-25-26)28-12-4-7-17-21-18(23-27-17)14-8-10-15(20)11-9-14/h2-3,5-6,8-11H,4,7,12H2,1H3. The quantitative estimate of drug-likeness (QED) is 0.328. The molecule has 0 radical (unpaired) electrons. The highest BCUT2D eigenvalue weighted by Crippen LogP contribution is 2.22. The van der Waals surface area contributed by atoms with Crippen LogP contribution in [-0.2, 0) is 6.42 Å². The average molecular weight is 413 g/mol. The average Bonchev–Trinajstić information content (AvgIpc) is 3.36. The summed E-state index contributed by atoms with van der Waals surface area (Å²) in [5.74, 6) is 2.03. The number of halogens is 1. The summed E-state index contributed by atoms with van der Waals surface area (Å²) in [6.45, 7) is 2.04. The molecule has 9 heteroatoms. The van der Waals surface area contributed by atoms with Gasteiger partial charge < -0.3 is 4.52 Å². The van der Waals surface area contributed by atoms with E-state index in [0.717, 1.165) is 34.1 Å². The van der Waals surface area contributed by atoms with E-state index in [4.69, 9.17) is 16.1 Å². The number of rotatable bonds is 7. The second-order valence-corrected chi connectivity index (χ2v) is 7.63. The maximum Gasteiger partial charge on any atom is 0.226 e. The van der Waals surface area contributed by atoms with Crippen molar-refractivity contribution < 1.29 is 4.52 Å². The Labute approximate surface area is 171 Å². The molecule has 28 heavy (non-hydrogen) atoms. The topological polar surface area (TPSA) is 82.5 Å². The second kappa shape index (κ2) is 8.53. The molecule has 0 aliphatic carbocycles. The van der Waals surface area contributed by atoms with Crippen LogP contribution in [0.25, 0.3) is 17.1 Å². The summed E-state index contributed by atoms with van der Waals surface area (Å²) in [5, 5.41) is 17.5. The van der Waals surface area contributed by atoms with Gasteiger partial charge in [-0.3, -0.25) is 0 Å². The van der Waals surface area contributed by atoms with Crippen molar-refractivity contribution in [1.29, 1.82) is 0 Å². The van der Waals surface area contributed by atoms with Crippen molar-refractivity contribution >= 4 is 23.4 Å².